The van der Waals surface area contributed by atoms with Gasteiger partial charge in [-0.15, -0.1) is 0 Å². The van der Waals surface area contributed by atoms with Gasteiger partial charge in [-0.2, -0.15) is 18.3 Å². The van der Waals surface area contributed by atoms with Crippen LogP contribution in [0.1, 0.15) is 64.8 Å². The predicted octanol–water partition coefficient (Wildman–Crippen LogP) is 7.35. The van der Waals surface area contributed by atoms with Gasteiger partial charge in [-0.3, -0.25) is 19.4 Å². The summed E-state index contributed by atoms with van der Waals surface area (Å²) in [7, 11) is 0. The van der Waals surface area contributed by atoms with E-state index in [1.165, 1.54) is 24.3 Å². The van der Waals surface area contributed by atoms with E-state index < -0.39 is 41.3 Å². The number of ketones is 1. The van der Waals surface area contributed by atoms with E-state index in [-0.39, 0.29) is 24.4 Å². The van der Waals surface area contributed by atoms with Crippen molar-refractivity contribution < 1.29 is 31.5 Å². The minimum Gasteiger partial charge on any atom is -0.297 e. The Balaban J connectivity index is 1.51. The van der Waals surface area contributed by atoms with E-state index in [9.17, 15) is 31.5 Å². The number of alkyl halides is 4. The van der Waals surface area contributed by atoms with Gasteiger partial charge >= 0.3 is 6.18 Å². The summed E-state index contributed by atoms with van der Waals surface area (Å²) in [5.41, 5.74) is 1.49. The van der Waals surface area contributed by atoms with Crippen molar-refractivity contribution in [2.24, 2.45) is 5.92 Å². The summed E-state index contributed by atoms with van der Waals surface area (Å²) in [6, 6.07) is 19.2. The number of likely N-dealkylation sites (tertiary alicyclic amines) is 1. The Bertz CT molecular complexity index is 1710. The van der Waals surface area contributed by atoms with Crippen LogP contribution in [-0.2, 0) is 17.5 Å². The molecule has 1 aromatic heterocycles. The molecule has 0 saturated carbocycles. The lowest BCUT2D eigenvalue weighted by atomic mass is 9.74. The zero-order valence-corrected chi connectivity index (χ0v) is 25.2. The fourth-order valence-corrected chi connectivity index (χ4v) is 6.60. The SMILES string of the molecule is CCN1C(=O)[C@@H](CC(=O)c2cccc(C(F)(F)F)c2)[C@@H](c2ccc(F)cc2)c2c(CN3CCC(F)CC3)nn(-c3ccccc3)c21. The molecule has 4 aromatic rings. The average molecular weight is 637 g/mol. The van der Waals surface area contributed by atoms with Gasteiger partial charge in [0.2, 0.25) is 5.91 Å². The lowest BCUT2D eigenvalue weighted by Gasteiger charge is -2.38. The van der Waals surface area contributed by atoms with E-state index in [2.05, 4.69) is 4.90 Å². The second-order valence-electron chi connectivity index (χ2n) is 11.8. The summed E-state index contributed by atoms with van der Waals surface area (Å²) in [6.45, 7) is 3.43. The highest BCUT2D eigenvalue weighted by molar-refractivity contribution is 6.04. The molecule has 0 spiro atoms. The molecule has 0 unspecified atom stereocenters. The molecule has 3 aromatic carbocycles. The number of fused-ring (bicyclic) bond motifs is 1. The van der Waals surface area contributed by atoms with E-state index >= 15 is 0 Å². The summed E-state index contributed by atoms with van der Waals surface area (Å²) < 4.78 is 70.4. The van der Waals surface area contributed by atoms with Gasteiger partial charge < -0.3 is 0 Å². The quantitative estimate of drug-likeness (QED) is 0.150. The Morgan fingerprint density at radius 1 is 0.957 bits per heavy atom. The van der Waals surface area contributed by atoms with Crippen LogP contribution in [0.15, 0.2) is 78.9 Å². The lowest BCUT2D eigenvalue weighted by molar-refractivity contribution is -0.137. The zero-order valence-electron chi connectivity index (χ0n) is 25.2. The fraction of sp³-hybridized carbons (Fsp3) is 0.343. The molecule has 1 fully saturated rings. The van der Waals surface area contributed by atoms with Crippen molar-refractivity contribution in [2.45, 2.75) is 51.0 Å². The second-order valence-corrected chi connectivity index (χ2v) is 11.8. The zero-order chi connectivity index (χ0) is 32.6. The maximum absolute atomic E-state index is 14.4. The Labute approximate surface area is 263 Å². The molecule has 2 aliphatic heterocycles. The number of Topliss-reactive ketones (excluding diaryl/α,β-unsaturated/α-hetero) is 1. The molecule has 1 amide bonds. The second kappa shape index (κ2) is 12.8. The molecule has 3 heterocycles. The first-order chi connectivity index (χ1) is 22.0. The van der Waals surface area contributed by atoms with Crippen molar-refractivity contribution in [3.63, 3.8) is 0 Å². The Morgan fingerprint density at radius 3 is 2.30 bits per heavy atom. The van der Waals surface area contributed by atoms with Crippen molar-refractivity contribution in [1.29, 1.82) is 0 Å². The molecule has 11 heteroatoms. The van der Waals surface area contributed by atoms with Gasteiger partial charge in [0.1, 0.15) is 17.8 Å². The molecule has 2 aliphatic rings. The molecule has 1 saturated heterocycles. The monoisotopic (exact) mass is 636 g/mol. The normalized spacial score (nSPS) is 19.3. The highest BCUT2D eigenvalue weighted by Gasteiger charge is 2.46. The third-order valence-electron chi connectivity index (χ3n) is 8.88. The van der Waals surface area contributed by atoms with Crippen LogP contribution in [-0.4, -0.2) is 52.2 Å². The van der Waals surface area contributed by atoms with Gasteiger partial charge in [-0.05, 0) is 61.7 Å². The van der Waals surface area contributed by atoms with E-state index in [1.54, 1.807) is 28.6 Å². The van der Waals surface area contributed by atoms with Crippen LogP contribution in [0.3, 0.4) is 0 Å². The van der Waals surface area contributed by atoms with Crippen LogP contribution in [0.25, 0.3) is 5.69 Å². The third kappa shape index (κ3) is 6.20. The number of hydrogen-bond donors (Lipinski definition) is 0. The van der Waals surface area contributed by atoms with Crippen molar-refractivity contribution in [3.8, 4) is 5.69 Å². The van der Waals surface area contributed by atoms with Crippen LogP contribution in [0.5, 0.6) is 0 Å². The van der Waals surface area contributed by atoms with Gasteiger partial charge in [0.25, 0.3) is 0 Å². The summed E-state index contributed by atoms with van der Waals surface area (Å²) in [6.07, 6.45) is -5.12. The number of piperidine rings is 1. The van der Waals surface area contributed by atoms with Crippen molar-refractivity contribution >= 4 is 17.5 Å². The Kier molecular flexibility index (Phi) is 8.78. The smallest absolute Gasteiger partial charge is 0.297 e. The Hall–Kier alpha value is -4.38. The minimum atomic E-state index is -4.64. The molecular weight excluding hydrogens is 603 g/mol. The highest BCUT2D eigenvalue weighted by atomic mass is 19.4. The number of aromatic nitrogens is 2. The molecule has 6 rings (SSSR count). The molecule has 0 radical (unpaired) electrons. The first-order valence-electron chi connectivity index (χ1n) is 15.4. The number of rotatable bonds is 8. The molecule has 6 nitrogen and oxygen atoms in total. The summed E-state index contributed by atoms with van der Waals surface area (Å²) >= 11 is 0. The fourth-order valence-electron chi connectivity index (χ4n) is 6.60. The minimum absolute atomic E-state index is 0.149. The molecule has 0 N–H and O–H groups in total. The van der Waals surface area contributed by atoms with Gasteiger partial charge in [0.15, 0.2) is 5.78 Å². The molecule has 46 heavy (non-hydrogen) atoms. The summed E-state index contributed by atoms with van der Waals surface area (Å²) in [5.74, 6) is -2.72. The maximum Gasteiger partial charge on any atom is 0.416 e. The number of carbonyl (C=O) groups is 2. The maximum atomic E-state index is 14.4. The van der Waals surface area contributed by atoms with E-state index in [0.29, 0.717) is 60.8 Å². The summed E-state index contributed by atoms with van der Waals surface area (Å²) in [5, 5.41) is 5.01. The number of para-hydroxylation sites is 1. The number of anilines is 1. The van der Waals surface area contributed by atoms with Crippen LogP contribution in [0.2, 0.25) is 0 Å². The van der Waals surface area contributed by atoms with Crippen LogP contribution in [0, 0.1) is 11.7 Å². The standard InChI is InChI=1S/C35H33F5N4O2/c1-2-43-33-32(29(21-42-17-15-26(37)16-18-42)41-44(33)27-9-4-3-5-10-27)31(22-11-13-25(36)14-12-22)28(34(43)46)20-30(45)23-7-6-8-24(19-23)35(38,39)40/h3-14,19,26,28,31H,2,15-18,20-21H2,1H3/t28-,31+/m0/s1. The molecule has 0 aliphatic carbocycles. The molecule has 0 bridgehead atoms. The van der Waals surface area contributed by atoms with Crippen molar-refractivity contribution in [2.75, 3.05) is 24.5 Å². The van der Waals surface area contributed by atoms with E-state index in [1.807, 2.05) is 30.3 Å². The van der Waals surface area contributed by atoms with Crippen molar-refractivity contribution in [3.05, 3.63) is 113 Å². The third-order valence-corrected chi connectivity index (χ3v) is 8.88. The van der Waals surface area contributed by atoms with Crippen LogP contribution >= 0.6 is 0 Å². The average Bonchev–Trinajstić information content (AvgIpc) is 3.41. The number of hydrogen-bond acceptors (Lipinski definition) is 4. The van der Waals surface area contributed by atoms with Crippen molar-refractivity contribution in [1.82, 2.24) is 14.7 Å². The van der Waals surface area contributed by atoms with Gasteiger partial charge in [-0.25, -0.2) is 13.5 Å². The number of nitrogens with zero attached hydrogens (tertiary/aromatic N) is 4. The molecule has 2 atom stereocenters. The van der Waals surface area contributed by atoms with Crippen LogP contribution < -0.4 is 4.90 Å². The molecular formula is C35H33F5N4O2. The Morgan fingerprint density at radius 2 is 1.65 bits per heavy atom. The lowest BCUT2D eigenvalue weighted by Crippen LogP contribution is -2.45. The predicted molar refractivity (Wildman–Crippen MR) is 163 cm³/mol. The van der Waals surface area contributed by atoms with Crippen LogP contribution in [0.4, 0.5) is 27.8 Å². The van der Waals surface area contributed by atoms with E-state index in [4.69, 9.17) is 5.10 Å². The molecule has 240 valence electrons. The number of carbonyl (C=O) groups excluding carboxylic acids is 2. The number of benzene rings is 3. The topological polar surface area (TPSA) is 58.4 Å². The number of halogens is 5. The first kappa shape index (κ1) is 31.6. The summed E-state index contributed by atoms with van der Waals surface area (Å²) in [4.78, 5) is 31.7. The highest BCUT2D eigenvalue weighted by Crippen LogP contribution is 2.48. The van der Waals surface area contributed by atoms with Gasteiger partial charge in [0, 0.05) is 49.6 Å². The first-order valence-corrected chi connectivity index (χ1v) is 15.4. The van der Waals surface area contributed by atoms with Gasteiger partial charge in [-0.1, -0.05) is 42.5 Å². The largest absolute Gasteiger partial charge is 0.416 e. The number of amides is 1. The van der Waals surface area contributed by atoms with Gasteiger partial charge in [0.05, 0.1) is 22.9 Å². The van der Waals surface area contributed by atoms with E-state index in [0.717, 1.165) is 12.1 Å².